The van der Waals surface area contributed by atoms with Crippen LogP contribution >= 0.6 is 0 Å². The Hall–Kier alpha value is -6.63. The number of para-hydroxylation sites is 1. The highest BCUT2D eigenvalue weighted by Crippen LogP contribution is 2.51. The highest BCUT2D eigenvalue weighted by molar-refractivity contribution is 5.99. The van der Waals surface area contributed by atoms with Crippen LogP contribution in [0.4, 0.5) is 0 Å². The van der Waals surface area contributed by atoms with Gasteiger partial charge in [0.25, 0.3) is 0 Å². The second-order valence-corrected chi connectivity index (χ2v) is 12.3. The molecule has 0 unspecified atom stereocenters. The lowest BCUT2D eigenvalue weighted by Gasteiger charge is -2.35. The molecule has 0 aliphatic carbocycles. The zero-order valence-electron chi connectivity index (χ0n) is 26.3. The Bertz CT molecular complexity index is 2470. The van der Waals surface area contributed by atoms with Gasteiger partial charge >= 0.3 is 0 Å². The average molecular weight is 618 g/mol. The molecule has 7 aromatic rings. The fraction of sp³-hybridized carbons (Fsp3) is 0.0714. The standard InChI is InChI=1S/C42H27N5O/c1-42(2)35-22-15-26(24-43)23-37(35)48-38-34(13-8-14-36(38)42)41-46-39(28-9-4-3-5-10-28)45-40(47-41)29-18-16-27(17-19-29)32-21-20-30(25-44)31-11-6-7-12-33(31)32/h3-23H,1-2H3. The molecule has 0 atom stereocenters. The number of hydrogen-bond donors (Lipinski definition) is 0. The smallest absolute Gasteiger partial charge is 0.167 e. The van der Waals surface area contributed by atoms with E-state index in [1.54, 1.807) is 6.07 Å². The summed E-state index contributed by atoms with van der Waals surface area (Å²) in [5.41, 5.74) is 7.38. The summed E-state index contributed by atoms with van der Waals surface area (Å²) in [6, 6.07) is 46.1. The fourth-order valence-corrected chi connectivity index (χ4v) is 6.55. The summed E-state index contributed by atoms with van der Waals surface area (Å²) in [4.78, 5) is 14.9. The summed E-state index contributed by atoms with van der Waals surface area (Å²) in [6.07, 6.45) is 0. The molecule has 1 aliphatic rings. The lowest BCUT2D eigenvalue weighted by Crippen LogP contribution is -2.24. The summed E-state index contributed by atoms with van der Waals surface area (Å²) in [5, 5.41) is 21.2. The van der Waals surface area contributed by atoms with E-state index < -0.39 is 0 Å². The van der Waals surface area contributed by atoms with Gasteiger partial charge in [-0.3, -0.25) is 0 Å². The largest absolute Gasteiger partial charge is 0.456 e. The number of nitriles is 2. The highest BCUT2D eigenvalue weighted by atomic mass is 16.5. The first-order chi connectivity index (χ1) is 23.4. The molecule has 6 aromatic carbocycles. The van der Waals surface area contributed by atoms with E-state index >= 15 is 0 Å². The third kappa shape index (κ3) is 4.76. The second-order valence-electron chi connectivity index (χ2n) is 12.3. The van der Waals surface area contributed by atoms with Crippen LogP contribution in [0.5, 0.6) is 11.5 Å². The van der Waals surface area contributed by atoms with Crippen LogP contribution < -0.4 is 4.74 Å². The predicted octanol–water partition coefficient (Wildman–Crippen LogP) is 9.87. The molecule has 0 spiro atoms. The van der Waals surface area contributed by atoms with Crippen LogP contribution in [0.3, 0.4) is 0 Å². The lowest BCUT2D eigenvalue weighted by molar-refractivity contribution is 0.419. The fourth-order valence-electron chi connectivity index (χ4n) is 6.55. The molecule has 48 heavy (non-hydrogen) atoms. The van der Waals surface area contributed by atoms with Crippen LogP contribution in [0.2, 0.25) is 0 Å². The summed E-state index contributed by atoms with van der Waals surface area (Å²) in [5.74, 6) is 2.91. The van der Waals surface area contributed by atoms with Crippen LogP contribution in [-0.4, -0.2) is 15.0 Å². The van der Waals surface area contributed by atoms with E-state index in [2.05, 4.69) is 44.2 Å². The van der Waals surface area contributed by atoms with Gasteiger partial charge in [0.15, 0.2) is 17.5 Å². The number of rotatable bonds is 4. The highest BCUT2D eigenvalue weighted by Gasteiger charge is 2.36. The van der Waals surface area contributed by atoms with Gasteiger partial charge in [-0.15, -0.1) is 0 Å². The van der Waals surface area contributed by atoms with Crippen molar-refractivity contribution in [2.24, 2.45) is 0 Å². The van der Waals surface area contributed by atoms with Crippen molar-refractivity contribution in [2.75, 3.05) is 0 Å². The number of benzene rings is 6. The molecule has 0 N–H and O–H groups in total. The topological polar surface area (TPSA) is 95.5 Å². The van der Waals surface area contributed by atoms with E-state index in [0.717, 1.165) is 49.7 Å². The van der Waals surface area contributed by atoms with Gasteiger partial charge in [0.1, 0.15) is 11.5 Å². The number of ether oxygens (including phenoxy) is 1. The molecule has 6 heteroatoms. The summed E-state index contributed by atoms with van der Waals surface area (Å²) >= 11 is 0. The molecule has 0 saturated heterocycles. The molecule has 226 valence electrons. The maximum atomic E-state index is 9.64. The van der Waals surface area contributed by atoms with E-state index in [-0.39, 0.29) is 5.41 Å². The summed E-state index contributed by atoms with van der Waals surface area (Å²) in [6.45, 7) is 4.33. The molecule has 0 radical (unpaired) electrons. The quantitative estimate of drug-likeness (QED) is 0.195. The third-order valence-electron chi connectivity index (χ3n) is 9.09. The average Bonchev–Trinajstić information content (AvgIpc) is 3.14. The monoisotopic (exact) mass is 617 g/mol. The van der Waals surface area contributed by atoms with Gasteiger partial charge in [-0.25, -0.2) is 15.0 Å². The van der Waals surface area contributed by atoms with Crippen molar-refractivity contribution in [1.82, 2.24) is 15.0 Å². The first-order valence-electron chi connectivity index (χ1n) is 15.6. The second kappa shape index (κ2) is 11.3. The lowest BCUT2D eigenvalue weighted by atomic mass is 9.75. The van der Waals surface area contributed by atoms with Crippen LogP contribution in [0, 0.1) is 22.7 Å². The van der Waals surface area contributed by atoms with E-state index in [0.29, 0.717) is 40.1 Å². The van der Waals surface area contributed by atoms with Crippen LogP contribution in [0.15, 0.2) is 127 Å². The Labute approximate surface area is 278 Å². The van der Waals surface area contributed by atoms with Crippen LogP contribution in [0.25, 0.3) is 56.1 Å². The minimum absolute atomic E-state index is 0.378. The Balaban J connectivity index is 1.26. The van der Waals surface area contributed by atoms with Gasteiger partial charge in [-0.2, -0.15) is 10.5 Å². The molecule has 0 fully saturated rings. The van der Waals surface area contributed by atoms with Crippen LogP contribution in [0.1, 0.15) is 36.1 Å². The van der Waals surface area contributed by atoms with Gasteiger partial charge in [-0.05, 0) is 40.8 Å². The van der Waals surface area contributed by atoms with E-state index in [1.165, 1.54) is 0 Å². The van der Waals surface area contributed by atoms with Crippen molar-refractivity contribution in [2.45, 2.75) is 19.3 Å². The van der Waals surface area contributed by atoms with Crippen molar-refractivity contribution in [3.63, 3.8) is 0 Å². The van der Waals surface area contributed by atoms with Crippen molar-refractivity contribution in [3.05, 3.63) is 150 Å². The van der Waals surface area contributed by atoms with E-state index in [1.807, 2.05) is 103 Å². The van der Waals surface area contributed by atoms with Crippen LogP contribution in [-0.2, 0) is 5.41 Å². The third-order valence-corrected chi connectivity index (χ3v) is 9.09. The predicted molar refractivity (Wildman–Crippen MR) is 187 cm³/mol. The molecular weight excluding hydrogens is 590 g/mol. The van der Waals surface area contributed by atoms with Crippen molar-refractivity contribution in [1.29, 1.82) is 10.5 Å². The number of hydrogen-bond acceptors (Lipinski definition) is 6. The molecular formula is C42H27N5O. The van der Waals surface area contributed by atoms with Crippen molar-refractivity contribution < 1.29 is 4.74 Å². The normalized spacial score (nSPS) is 12.7. The minimum Gasteiger partial charge on any atom is -0.456 e. The maximum absolute atomic E-state index is 9.64. The molecule has 8 rings (SSSR count). The molecule has 1 aliphatic heterocycles. The molecule has 2 heterocycles. The Morgan fingerprint density at radius 2 is 1.21 bits per heavy atom. The van der Waals surface area contributed by atoms with Crippen molar-refractivity contribution >= 4 is 10.8 Å². The van der Waals surface area contributed by atoms with Gasteiger partial charge in [0, 0.05) is 33.1 Å². The van der Waals surface area contributed by atoms with Gasteiger partial charge < -0.3 is 4.74 Å². The Kier molecular flexibility index (Phi) is 6.79. The Morgan fingerprint density at radius 3 is 1.94 bits per heavy atom. The van der Waals surface area contributed by atoms with E-state index in [9.17, 15) is 10.5 Å². The SMILES string of the molecule is CC1(C)c2ccc(C#N)cc2Oc2c(-c3nc(-c4ccccc4)nc(-c4ccc(-c5ccc(C#N)c6ccccc56)cc4)n3)cccc21. The van der Waals surface area contributed by atoms with Gasteiger partial charge in [-0.1, -0.05) is 117 Å². The summed E-state index contributed by atoms with van der Waals surface area (Å²) in [7, 11) is 0. The molecule has 0 amide bonds. The number of aromatic nitrogens is 3. The van der Waals surface area contributed by atoms with E-state index in [4.69, 9.17) is 19.7 Å². The number of fused-ring (bicyclic) bond motifs is 3. The minimum atomic E-state index is -0.378. The van der Waals surface area contributed by atoms with Gasteiger partial charge in [0.2, 0.25) is 0 Å². The first-order valence-corrected chi connectivity index (χ1v) is 15.6. The zero-order chi connectivity index (χ0) is 32.8. The molecule has 6 nitrogen and oxygen atoms in total. The van der Waals surface area contributed by atoms with Crippen molar-refractivity contribution in [3.8, 4) is 68.9 Å². The molecule has 1 aromatic heterocycles. The Morgan fingerprint density at radius 1 is 0.542 bits per heavy atom. The zero-order valence-corrected chi connectivity index (χ0v) is 26.3. The number of nitrogens with zero attached hydrogens (tertiary/aromatic N) is 5. The maximum Gasteiger partial charge on any atom is 0.167 e. The first kappa shape index (κ1) is 28.8. The molecule has 0 saturated carbocycles. The van der Waals surface area contributed by atoms with Gasteiger partial charge in [0.05, 0.1) is 28.8 Å². The molecule has 0 bridgehead atoms. The summed E-state index contributed by atoms with van der Waals surface area (Å²) < 4.78 is 6.58.